The zero-order valence-corrected chi connectivity index (χ0v) is 8.37. The maximum atomic E-state index is 13.2. The van der Waals surface area contributed by atoms with Gasteiger partial charge in [-0.1, -0.05) is 0 Å². The minimum absolute atomic E-state index is 0.0370. The Balaban J connectivity index is 2.59. The maximum absolute atomic E-state index is 13.2. The Hall–Kier alpha value is -1.30. The Kier molecular flexibility index (Phi) is 4.12. The predicted octanol–water partition coefficient (Wildman–Crippen LogP) is 1.85. The molecule has 0 bridgehead atoms. The van der Waals surface area contributed by atoms with Crippen LogP contribution in [0.4, 0.5) is 13.2 Å². The number of hydrogen-bond donors (Lipinski definition) is 2. The Labute approximate surface area is 90.4 Å². The van der Waals surface area contributed by atoms with Crippen LogP contribution in [-0.2, 0) is 4.79 Å². The average Bonchev–Trinajstić information content (AvgIpc) is 2.12. The van der Waals surface area contributed by atoms with Crippen molar-refractivity contribution in [1.29, 1.82) is 0 Å². The molecule has 0 spiro atoms. The van der Waals surface area contributed by atoms with Crippen molar-refractivity contribution >= 4 is 5.97 Å². The van der Waals surface area contributed by atoms with E-state index in [0.29, 0.717) is 6.08 Å². The number of carboxylic acids is 1. The zero-order chi connectivity index (χ0) is 12.3. The van der Waals surface area contributed by atoms with Gasteiger partial charge in [-0.25, -0.2) is 13.2 Å². The molecule has 90 valence electrons. The van der Waals surface area contributed by atoms with Gasteiger partial charge in [0.15, 0.2) is 11.7 Å². The number of allylic oxidation sites excluding steroid dienone is 4. The van der Waals surface area contributed by atoms with Crippen molar-refractivity contribution in [2.75, 3.05) is 0 Å². The van der Waals surface area contributed by atoms with Crippen LogP contribution in [0.25, 0.3) is 0 Å². The van der Waals surface area contributed by atoms with E-state index in [4.69, 9.17) is 10.8 Å². The fraction of sp³-hybridized carbons (Fsp3) is 0.500. The highest BCUT2D eigenvalue weighted by molar-refractivity contribution is 5.67. The molecule has 1 aliphatic carbocycles. The van der Waals surface area contributed by atoms with Crippen molar-refractivity contribution in [2.45, 2.75) is 25.1 Å². The van der Waals surface area contributed by atoms with Gasteiger partial charge in [0.2, 0.25) is 0 Å². The molecule has 0 amide bonds. The number of carboxylic acid groups (broad SMARTS) is 1. The third kappa shape index (κ3) is 3.37. The molecular formula is C10H12F3NO2. The Morgan fingerprint density at radius 1 is 1.44 bits per heavy atom. The van der Waals surface area contributed by atoms with Crippen molar-refractivity contribution in [2.24, 2.45) is 11.7 Å². The smallest absolute Gasteiger partial charge is 0.304 e. The zero-order valence-electron chi connectivity index (χ0n) is 8.37. The lowest BCUT2D eigenvalue weighted by Crippen LogP contribution is -2.29. The molecule has 0 aromatic rings. The van der Waals surface area contributed by atoms with Crippen molar-refractivity contribution in [3.8, 4) is 0 Å². The number of carbonyl (C=O) groups is 1. The molecule has 3 nitrogen and oxygen atoms in total. The molecule has 0 saturated heterocycles. The van der Waals surface area contributed by atoms with Crippen LogP contribution in [-0.4, -0.2) is 23.3 Å². The molecule has 2 unspecified atom stereocenters. The summed E-state index contributed by atoms with van der Waals surface area (Å²) in [6.45, 7) is 0. The Morgan fingerprint density at radius 3 is 2.56 bits per heavy atom. The first kappa shape index (κ1) is 12.8. The van der Waals surface area contributed by atoms with Gasteiger partial charge >= 0.3 is 5.97 Å². The first-order valence-electron chi connectivity index (χ1n) is 4.76. The molecule has 16 heavy (non-hydrogen) atoms. The van der Waals surface area contributed by atoms with Crippen LogP contribution in [0.1, 0.15) is 12.8 Å². The monoisotopic (exact) mass is 235 g/mol. The number of halogens is 3. The highest BCUT2D eigenvalue weighted by atomic mass is 19.2. The summed E-state index contributed by atoms with van der Waals surface area (Å²) >= 11 is 0. The van der Waals surface area contributed by atoms with E-state index >= 15 is 0 Å². The van der Waals surface area contributed by atoms with Crippen molar-refractivity contribution in [3.05, 3.63) is 23.8 Å². The molecule has 0 aromatic carbocycles. The lowest BCUT2D eigenvalue weighted by atomic mass is 9.90. The fourth-order valence-electron chi connectivity index (χ4n) is 1.56. The van der Waals surface area contributed by atoms with E-state index in [9.17, 15) is 18.0 Å². The summed E-state index contributed by atoms with van der Waals surface area (Å²) < 4.78 is 38.6. The number of hydrogen-bond acceptors (Lipinski definition) is 2. The summed E-state index contributed by atoms with van der Waals surface area (Å²) in [5.74, 6) is -4.37. The number of aliphatic carboxylic acids is 1. The van der Waals surface area contributed by atoms with Crippen LogP contribution in [0.15, 0.2) is 23.8 Å². The summed E-state index contributed by atoms with van der Waals surface area (Å²) in [5.41, 5.74) is 5.43. The van der Waals surface area contributed by atoms with Crippen LogP contribution in [0, 0.1) is 5.92 Å². The van der Waals surface area contributed by atoms with Gasteiger partial charge in [-0.2, -0.15) is 0 Å². The molecular weight excluding hydrogens is 223 g/mol. The van der Waals surface area contributed by atoms with E-state index in [1.807, 2.05) is 0 Å². The maximum Gasteiger partial charge on any atom is 0.304 e. The van der Waals surface area contributed by atoms with Gasteiger partial charge in [-0.15, -0.1) is 0 Å². The molecule has 0 aliphatic heterocycles. The second-order valence-corrected chi connectivity index (χ2v) is 3.73. The third-order valence-corrected chi connectivity index (χ3v) is 2.31. The molecule has 0 saturated carbocycles. The minimum Gasteiger partial charge on any atom is -0.481 e. The highest BCUT2D eigenvalue weighted by Gasteiger charge is 2.27. The standard InChI is InChI=1S/C10H12F3NO2/c11-7-4-9(13)8(12)2-5(7)1-6(14)3-10(15)16/h2,4-7H,1,3,14H2,(H,15,16)/t5?,6?,7-/m0/s1. The summed E-state index contributed by atoms with van der Waals surface area (Å²) in [4.78, 5) is 10.3. The van der Waals surface area contributed by atoms with Crippen LogP contribution >= 0.6 is 0 Å². The van der Waals surface area contributed by atoms with Crippen LogP contribution in [0.2, 0.25) is 0 Å². The van der Waals surface area contributed by atoms with Gasteiger partial charge in [0.25, 0.3) is 0 Å². The Bertz CT molecular complexity index is 341. The summed E-state index contributed by atoms with van der Waals surface area (Å²) in [5, 5.41) is 8.44. The van der Waals surface area contributed by atoms with E-state index in [0.717, 1.165) is 6.08 Å². The quantitative estimate of drug-likeness (QED) is 0.781. The minimum atomic E-state index is -1.67. The number of nitrogens with two attached hydrogens (primary N) is 1. The van der Waals surface area contributed by atoms with Crippen molar-refractivity contribution < 1.29 is 23.1 Å². The first-order valence-corrected chi connectivity index (χ1v) is 4.76. The number of alkyl halides is 1. The summed E-state index contributed by atoms with van der Waals surface area (Å²) in [7, 11) is 0. The van der Waals surface area contributed by atoms with Gasteiger partial charge in [0.1, 0.15) is 6.17 Å². The van der Waals surface area contributed by atoms with Crippen molar-refractivity contribution in [1.82, 2.24) is 0 Å². The van der Waals surface area contributed by atoms with Crippen LogP contribution in [0.5, 0.6) is 0 Å². The van der Waals surface area contributed by atoms with Gasteiger partial charge in [-0.3, -0.25) is 4.79 Å². The molecule has 0 radical (unpaired) electrons. The predicted molar refractivity (Wildman–Crippen MR) is 51.6 cm³/mol. The highest BCUT2D eigenvalue weighted by Crippen LogP contribution is 2.29. The molecule has 3 atom stereocenters. The van der Waals surface area contributed by atoms with Crippen molar-refractivity contribution in [3.63, 3.8) is 0 Å². The lowest BCUT2D eigenvalue weighted by molar-refractivity contribution is -0.137. The fourth-order valence-corrected chi connectivity index (χ4v) is 1.56. The van der Waals surface area contributed by atoms with E-state index in [1.54, 1.807) is 0 Å². The van der Waals surface area contributed by atoms with Gasteiger partial charge < -0.3 is 10.8 Å². The second-order valence-electron chi connectivity index (χ2n) is 3.73. The second kappa shape index (κ2) is 5.16. The molecule has 0 fully saturated rings. The van der Waals surface area contributed by atoms with Gasteiger partial charge in [0.05, 0.1) is 6.42 Å². The van der Waals surface area contributed by atoms with E-state index in [-0.39, 0.29) is 12.8 Å². The van der Waals surface area contributed by atoms with Crippen LogP contribution in [0.3, 0.4) is 0 Å². The molecule has 0 aromatic heterocycles. The van der Waals surface area contributed by atoms with Crippen LogP contribution < -0.4 is 5.73 Å². The summed E-state index contributed by atoms with van der Waals surface area (Å²) in [6.07, 6.45) is -0.690. The Morgan fingerprint density at radius 2 is 2.00 bits per heavy atom. The molecule has 1 aliphatic rings. The molecule has 6 heteroatoms. The van der Waals surface area contributed by atoms with E-state index in [1.165, 1.54) is 0 Å². The normalized spacial score (nSPS) is 27.0. The third-order valence-electron chi connectivity index (χ3n) is 2.31. The molecule has 0 heterocycles. The molecule has 3 N–H and O–H groups in total. The van der Waals surface area contributed by atoms with E-state index in [2.05, 4.69) is 0 Å². The first-order chi connectivity index (χ1) is 7.40. The summed E-state index contributed by atoms with van der Waals surface area (Å²) in [6, 6.07) is -0.778. The largest absolute Gasteiger partial charge is 0.481 e. The van der Waals surface area contributed by atoms with E-state index < -0.39 is 35.8 Å². The lowest BCUT2D eigenvalue weighted by Gasteiger charge is -2.21. The SMILES string of the molecule is NC(CC(=O)O)CC1C=C(F)C(F)=C[C@@H]1F. The topological polar surface area (TPSA) is 63.3 Å². The average molecular weight is 235 g/mol. The van der Waals surface area contributed by atoms with Gasteiger partial charge in [-0.05, 0) is 18.6 Å². The van der Waals surface area contributed by atoms with Gasteiger partial charge in [0, 0.05) is 12.0 Å². The number of rotatable bonds is 4. The molecule has 1 rings (SSSR count).